The number of rotatable bonds is 4. The molecule has 0 saturated heterocycles. The normalized spacial score (nSPS) is 10.7. The maximum absolute atomic E-state index is 10.9. The summed E-state index contributed by atoms with van der Waals surface area (Å²) in [5.41, 5.74) is 0.165. The zero-order valence-corrected chi connectivity index (χ0v) is 10.0. The van der Waals surface area contributed by atoms with Gasteiger partial charge < -0.3 is 5.11 Å². The van der Waals surface area contributed by atoms with Gasteiger partial charge in [0.05, 0.1) is 0 Å². The van der Waals surface area contributed by atoms with E-state index in [9.17, 15) is 4.79 Å². The van der Waals surface area contributed by atoms with E-state index >= 15 is 0 Å². The number of carboxylic acid groups (broad SMARTS) is 1. The average molecular weight is 234 g/mol. The first-order valence-corrected chi connectivity index (χ1v) is 6.09. The predicted octanol–water partition coefficient (Wildman–Crippen LogP) is 3.41. The van der Waals surface area contributed by atoms with Gasteiger partial charge in [0.25, 0.3) is 0 Å². The summed E-state index contributed by atoms with van der Waals surface area (Å²) in [4.78, 5) is 11.8. The maximum Gasteiger partial charge on any atom is 0.344 e. The maximum atomic E-state index is 10.9. The highest BCUT2D eigenvalue weighted by molar-refractivity contribution is 7.10. The fraction of sp³-hybridized carbons (Fsp3) is 0.308. The molecule has 0 unspecified atom stereocenters. The van der Waals surface area contributed by atoms with E-state index in [1.54, 1.807) is 6.08 Å². The van der Waals surface area contributed by atoms with Gasteiger partial charge >= 0.3 is 5.97 Å². The van der Waals surface area contributed by atoms with Crippen molar-refractivity contribution < 1.29 is 9.90 Å². The largest absolute Gasteiger partial charge is 0.477 e. The van der Waals surface area contributed by atoms with Crippen molar-refractivity contribution in [2.75, 3.05) is 0 Å². The fourth-order valence-corrected chi connectivity index (χ4v) is 1.75. The molecule has 2 nitrogen and oxygen atoms in total. The molecule has 0 aliphatic heterocycles. The van der Waals surface area contributed by atoms with E-state index in [1.807, 2.05) is 17.5 Å². The molecule has 0 spiro atoms. The number of hydrogen-bond acceptors (Lipinski definition) is 2. The van der Waals surface area contributed by atoms with Crippen LogP contribution in [-0.2, 0) is 4.79 Å². The van der Waals surface area contributed by atoms with Gasteiger partial charge in [0.1, 0.15) is 5.57 Å². The highest BCUT2D eigenvalue weighted by Gasteiger charge is 2.03. The molecular weight excluding hydrogens is 220 g/mol. The first-order valence-electron chi connectivity index (χ1n) is 5.21. The van der Waals surface area contributed by atoms with Crippen LogP contribution in [0, 0.1) is 11.8 Å². The monoisotopic (exact) mass is 234 g/mol. The Morgan fingerprint density at radius 2 is 2.44 bits per heavy atom. The lowest BCUT2D eigenvalue weighted by Gasteiger charge is -1.91. The molecule has 16 heavy (non-hydrogen) atoms. The summed E-state index contributed by atoms with van der Waals surface area (Å²) in [6, 6.07) is 3.77. The minimum atomic E-state index is -0.961. The summed E-state index contributed by atoms with van der Waals surface area (Å²) in [5.74, 6) is 4.64. The molecular formula is C13H14O2S. The molecule has 0 bridgehead atoms. The molecule has 1 heterocycles. The van der Waals surface area contributed by atoms with Crippen molar-refractivity contribution in [3.63, 3.8) is 0 Å². The van der Waals surface area contributed by atoms with Crippen LogP contribution in [-0.4, -0.2) is 11.1 Å². The van der Waals surface area contributed by atoms with Gasteiger partial charge in [-0.3, -0.25) is 0 Å². The Hall–Kier alpha value is -1.53. The van der Waals surface area contributed by atoms with Gasteiger partial charge in [-0.05, 0) is 23.9 Å². The van der Waals surface area contributed by atoms with Crippen molar-refractivity contribution in [1.82, 2.24) is 0 Å². The van der Waals surface area contributed by atoms with Crippen molar-refractivity contribution in [3.8, 4) is 11.8 Å². The van der Waals surface area contributed by atoms with Gasteiger partial charge in [-0.15, -0.1) is 11.3 Å². The first-order chi connectivity index (χ1) is 7.74. The lowest BCUT2D eigenvalue weighted by molar-refractivity contribution is -0.132. The molecule has 0 amide bonds. The molecule has 0 radical (unpaired) electrons. The van der Waals surface area contributed by atoms with Crippen LogP contribution in [0.2, 0.25) is 0 Å². The minimum Gasteiger partial charge on any atom is -0.477 e. The van der Waals surface area contributed by atoms with Gasteiger partial charge in [-0.25, -0.2) is 4.79 Å². The highest BCUT2D eigenvalue weighted by Crippen LogP contribution is 2.13. The van der Waals surface area contributed by atoms with E-state index in [1.165, 1.54) is 11.3 Å². The van der Waals surface area contributed by atoms with Crippen LogP contribution >= 0.6 is 11.3 Å². The summed E-state index contributed by atoms with van der Waals surface area (Å²) in [5, 5.41) is 10.9. The van der Waals surface area contributed by atoms with Crippen molar-refractivity contribution in [2.24, 2.45) is 0 Å². The highest BCUT2D eigenvalue weighted by atomic mass is 32.1. The molecule has 0 aliphatic rings. The van der Waals surface area contributed by atoms with Crippen LogP contribution in [0.3, 0.4) is 0 Å². The van der Waals surface area contributed by atoms with E-state index < -0.39 is 5.97 Å². The predicted molar refractivity (Wildman–Crippen MR) is 67.2 cm³/mol. The van der Waals surface area contributed by atoms with Crippen molar-refractivity contribution in [3.05, 3.63) is 28.0 Å². The number of carboxylic acids is 1. The summed E-state index contributed by atoms with van der Waals surface area (Å²) < 4.78 is 0. The molecule has 0 fully saturated rings. The van der Waals surface area contributed by atoms with Crippen molar-refractivity contribution in [1.29, 1.82) is 0 Å². The summed E-state index contributed by atoms with van der Waals surface area (Å²) in [6.45, 7) is 2.08. The second-order valence-electron chi connectivity index (χ2n) is 3.28. The van der Waals surface area contributed by atoms with E-state index in [4.69, 9.17) is 5.11 Å². The van der Waals surface area contributed by atoms with E-state index in [-0.39, 0.29) is 5.57 Å². The van der Waals surface area contributed by atoms with E-state index in [0.717, 1.165) is 24.1 Å². The van der Waals surface area contributed by atoms with Gasteiger partial charge in [0, 0.05) is 11.3 Å². The summed E-state index contributed by atoms with van der Waals surface area (Å²) in [6.07, 6.45) is 4.46. The van der Waals surface area contributed by atoms with E-state index in [2.05, 4.69) is 18.8 Å². The second-order valence-corrected chi connectivity index (χ2v) is 4.26. The molecule has 1 rings (SSSR count). The third-order valence-electron chi connectivity index (χ3n) is 1.94. The Balaban J connectivity index is 2.75. The summed E-state index contributed by atoms with van der Waals surface area (Å²) in [7, 11) is 0. The number of hydrogen-bond donors (Lipinski definition) is 1. The van der Waals surface area contributed by atoms with Crippen molar-refractivity contribution >= 4 is 23.4 Å². The molecule has 84 valence electrons. The minimum absolute atomic E-state index is 0.165. The average Bonchev–Trinajstić information content (AvgIpc) is 2.75. The van der Waals surface area contributed by atoms with Crippen LogP contribution in [0.5, 0.6) is 0 Å². The molecule has 0 aliphatic carbocycles. The van der Waals surface area contributed by atoms with Gasteiger partial charge in [-0.1, -0.05) is 31.3 Å². The number of carbonyl (C=O) groups is 1. The fourth-order valence-electron chi connectivity index (χ4n) is 1.09. The molecule has 1 aromatic heterocycles. The van der Waals surface area contributed by atoms with Crippen LogP contribution in [0.15, 0.2) is 23.1 Å². The molecule has 0 atom stereocenters. The SMILES string of the molecule is CCCCC#C/C(=C\c1cccs1)C(=O)O. The van der Waals surface area contributed by atoms with Crippen LogP contribution in [0.4, 0.5) is 0 Å². The lowest BCUT2D eigenvalue weighted by atomic mass is 10.2. The topological polar surface area (TPSA) is 37.3 Å². The van der Waals surface area contributed by atoms with Crippen LogP contribution in [0.25, 0.3) is 6.08 Å². The first kappa shape index (κ1) is 12.5. The smallest absolute Gasteiger partial charge is 0.344 e. The lowest BCUT2D eigenvalue weighted by Crippen LogP contribution is -1.97. The Morgan fingerprint density at radius 3 is 3.00 bits per heavy atom. The van der Waals surface area contributed by atoms with Crippen LogP contribution in [0.1, 0.15) is 31.1 Å². The Labute approximate surface area is 99.6 Å². The van der Waals surface area contributed by atoms with Gasteiger partial charge in [-0.2, -0.15) is 0 Å². The number of thiophene rings is 1. The third-order valence-corrected chi connectivity index (χ3v) is 2.76. The molecule has 3 heteroatoms. The molecule has 1 aromatic rings. The Kier molecular flexibility index (Phi) is 5.38. The zero-order chi connectivity index (χ0) is 11.8. The Morgan fingerprint density at radius 1 is 1.62 bits per heavy atom. The van der Waals surface area contributed by atoms with Gasteiger partial charge in [0.2, 0.25) is 0 Å². The van der Waals surface area contributed by atoms with E-state index in [0.29, 0.717) is 0 Å². The molecule has 1 N–H and O–H groups in total. The molecule has 0 aromatic carbocycles. The van der Waals surface area contributed by atoms with Gasteiger partial charge in [0.15, 0.2) is 0 Å². The second kappa shape index (κ2) is 6.86. The third kappa shape index (κ3) is 4.33. The van der Waals surface area contributed by atoms with Crippen LogP contribution < -0.4 is 0 Å². The number of unbranched alkanes of at least 4 members (excludes halogenated alkanes) is 2. The standard InChI is InChI=1S/C13H14O2S/c1-2-3-4-5-7-11(13(14)15)10-12-8-6-9-16-12/h6,8-10H,2-4H2,1H3,(H,14,15)/b11-10+. The number of aliphatic carboxylic acids is 1. The molecule has 0 saturated carbocycles. The Bertz CT molecular complexity index is 419. The quantitative estimate of drug-likeness (QED) is 0.492. The summed E-state index contributed by atoms with van der Waals surface area (Å²) >= 11 is 1.50. The zero-order valence-electron chi connectivity index (χ0n) is 9.19. The van der Waals surface area contributed by atoms with Crippen molar-refractivity contribution in [2.45, 2.75) is 26.2 Å².